The SMILES string of the molecule is CC(CN1CCN(C)CC1)NC(=O)c1ccc2cc[nH]c2n1. The Labute approximate surface area is 130 Å². The lowest BCUT2D eigenvalue weighted by atomic mass is 10.2. The summed E-state index contributed by atoms with van der Waals surface area (Å²) in [5.41, 5.74) is 1.21. The summed E-state index contributed by atoms with van der Waals surface area (Å²) in [6.45, 7) is 7.22. The Balaban J connectivity index is 1.56. The molecule has 2 aromatic rings. The average molecular weight is 301 g/mol. The van der Waals surface area contributed by atoms with E-state index >= 15 is 0 Å². The van der Waals surface area contributed by atoms with Gasteiger partial charge in [-0.2, -0.15) is 0 Å². The molecule has 1 unspecified atom stereocenters. The maximum atomic E-state index is 12.3. The van der Waals surface area contributed by atoms with Crippen LogP contribution in [-0.4, -0.2) is 71.5 Å². The molecule has 1 amide bonds. The number of H-pyrrole nitrogens is 1. The molecule has 118 valence electrons. The van der Waals surface area contributed by atoms with Gasteiger partial charge in [0.25, 0.3) is 5.91 Å². The molecule has 0 saturated carbocycles. The van der Waals surface area contributed by atoms with Gasteiger partial charge in [-0.15, -0.1) is 0 Å². The predicted octanol–water partition coefficient (Wildman–Crippen LogP) is 0.929. The number of rotatable bonds is 4. The predicted molar refractivity (Wildman–Crippen MR) is 87.0 cm³/mol. The standard InChI is InChI=1S/C16H23N5O/c1-12(11-21-9-7-20(2)8-10-21)18-16(22)14-4-3-13-5-6-17-15(13)19-14/h3-6,12H,7-11H2,1-2H3,(H,17,19)(H,18,22). The van der Waals surface area contributed by atoms with Crippen molar-refractivity contribution in [1.82, 2.24) is 25.1 Å². The van der Waals surface area contributed by atoms with Gasteiger partial charge in [-0.05, 0) is 32.2 Å². The van der Waals surface area contributed by atoms with Gasteiger partial charge in [-0.25, -0.2) is 4.98 Å². The van der Waals surface area contributed by atoms with Crippen molar-refractivity contribution in [3.05, 3.63) is 30.1 Å². The first-order chi connectivity index (χ1) is 10.6. The molecule has 1 atom stereocenters. The number of carbonyl (C=O) groups is 1. The minimum atomic E-state index is -0.113. The van der Waals surface area contributed by atoms with Gasteiger partial charge in [0, 0.05) is 50.3 Å². The van der Waals surface area contributed by atoms with Crippen LogP contribution in [0.2, 0.25) is 0 Å². The average Bonchev–Trinajstić information content (AvgIpc) is 2.97. The monoisotopic (exact) mass is 301 g/mol. The van der Waals surface area contributed by atoms with Crippen LogP contribution in [0.1, 0.15) is 17.4 Å². The second-order valence-electron chi connectivity index (χ2n) is 6.09. The third kappa shape index (κ3) is 3.45. The Bertz CT molecular complexity index is 645. The summed E-state index contributed by atoms with van der Waals surface area (Å²) in [7, 11) is 2.14. The summed E-state index contributed by atoms with van der Waals surface area (Å²) >= 11 is 0. The van der Waals surface area contributed by atoms with E-state index in [0.717, 1.165) is 43.8 Å². The van der Waals surface area contributed by atoms with Crippen LogP contribution < -0.4 is 5.32 Å². The van der Waals surface area contributed by atoms with Crippen molar-refractivity contribution in [2.75, 3.05) is 39.8 Å². The summed E-state index contributed by atoms with van der Waals surface area (Å²) in [4.78, 5) is 24.4. The van der Waals surface area contributed by atoms with E-state index in [1.165, 1.54) is 0 Å². The van der Waals surface area contributed by atoms with Crippen LogP contribution in [0.4, 0.5) is 0 Å². The van der Waals surface area contributed by atoms with Crippen LogP contribution in [-0.2, 0) is 0 Å². The fourth-order valence-corrected chi connectivity index (χ4v) is 2.82. The van der Waals surface area contributed by atoms with Gasteiger partial charge in [-0.3, -0.25) is 9.69 Å². The zero-order valence-corrected chi connectivity index (χ0v) is 13.2. The van der Waals surface area contributed by atoms with E-state index in [2.05, 4.69) is 32.1 Å². The molecule has 0 radical (unpaired) electrons. The van der Waals surface area contributed by atoms with Gasteiger partial charge >= 0.3 is 0 Å². The normalized spacial score (nSPS) is 18.5. The van der Waals surface area contributed by atoms with Crippen molar-refractivity contribution in [2.45, 2.75) is 13.0 Å². The largest absolute Gasteiger partial charge is 0.347 e. The van der Waals surface area contributed by atoms with Crippen molar-refractivity contribution >= 4 is 16.9 Å². The van der Waals surface area contributed by atoms with Crippen LogP contribution in [0.25, 0.3) is 11.0 Å². The van der Waals surface area contributed by atoms with Crippen molar-refractivity contribution < 1.29 is 4.79 Å². The number of fused-ring (bicyclic) bond motifs is 1. The maximum absolute atomic E-state index is 12.3. The van der Waals surface area contributed by atoms with Crippen LogP contribution in [0.5, 0.6) is 0 Å². The number of likely N-dealkylation sites (N-methyl/N-ethyl adjacent to an activating group) is 1. The third-order valence-corrected chi connectivity index (χ3v) is 4.15. The molecule has 6 heteroatoms. The molecule has 22 heavy (non-hydrogen) atoms. The van der Waals surface area contributed by atoms with Gasteiger partial charge in [0.05, 0.1) is 0 Å². The first-order valence-corrected chi connectivity index (χ1v) is 7.78. The molecular weight excluding hydrogens is 278 g/mol. The van der Waals surface area contributed by atoms with E-state index in [-0.39, 0.29) is 11.9 Å². The van der Waals surface area contributed by atoms with Gasteiger partial charge < -0.3 is 15.2 Å². The number of pyridine rings is 1. The third-order valence-electron chi connectivity index (χ3n) is 4.15. The summed E-state index contributed by atoms with van der Waals surface area (Å²) in [5, 5.41) is 4.06. The Morgan fingerprint density at radius 3 is 2.86 bits per heavy atom. The zero-order valence-electron chi connectivity index (χ0n) is 13.2. The number of aromatic nitrogens is 2. The van der Waals surface area contributed by atoms with E-state index in [1.807, 2.05) is 25.3 Å². The molecule has 3 rings (SSSR count). The molecule has 0 spiro atoms. The summed E-state index contributed by atoms with van der Waals surface area (Å²) < 4.78 is 0. The van der Waals surface area contributed by atoms with E-state index in [4.69, 9.17) is 0 Å². The van der Waals surface area contributed by atoms with E-state index in [0.29, 0.717) is 5.69 Å². The van der Waals surface area contributed by atoms with E-state index in [1.54, 1.807) is 6.07 Å². The second kappa shape index (κ2) is 6.46. The highest BCUT2D eigenvalue weighted by atomic mass is 16.1. The Hall–Kier alpha value is -1.92. The molecule has 0 aliphatic carbocycles. The fourth-order valence-electron chi connectivity index (χ4n) is 2.82. The lowest BCUT2D eigenvalue weighted by molar-refractivity contribution is 0.0910. The summed E-state index contributed by atoms with van der Waals surface area (Å²) in [5.74, 6) is -0.113. The number of piperazine rings is 1. The zero-order chi connectivity index (χ0) is 15.5. The topological polar surface area (TPSA) is 64.3 Å². The molecule has 1 aliphatic rings. The number of carbonyl (C=O) groups excluding carboxylic acids is 1. The van der Waals surface area contributed by atoms with Crippen LogP contribution >= 0.6 is 0 Å². The molecule has 1 fully saturated rings. The molecule has 6 nitrogen and oxygen atoms in total. The number of aromatic amines is 1. The van der Waals surface area contributed by atoms with Gasteiger partial charge in [0.1, 0.15) is 11.3 Å². The number of hydrogen-bond donors (Lipinski definition) is 2. The van der Waals surface area contributed by atoms with Gasteiger partial charge in [0.15, 0.2) is 0 Å². The van der Waals surface area contributed by atoms with Gasteiger partial charge in [0.2, 0.25) is 0 Å². The number of amides is 1. The Kier molecular flexibility index (Phi) is 4.40. The minimum absolute atomic E-state index is 0.108. The molecule has 3 heterocycles. The maximum Gasteiger partial charge on any atom is 0.270 e. The summed E-state index contributed by atoms with van der Waals surface area (Å²) in [6.07, 6.45) is 1.83. The van der Waals surface area contributed by atoms with Crippen LogP contribution in [0.15, 0.2) is 24.4 Å². The number of hydrogen-bond acceptors (Lipinski definition) is 4. The van der Waals surface area contributed by atoms with Crippen molar-refractivity contribution in [3.63, 3.8) is 0 Å². The number of nitrogens with zero attached hydrogens (tertiary/aromatic N) is 3. The smallest absolute Gasteiger partial charge is 0.270 e. The highest BCUT2D eigenvalue weighted by molar-refractivity contribution is 5.94. The van der Waals surface area contributed by atoms with Crippen molar-refractivity contribution in [3.8, 4) is 0 Å². The van der Waals surface area contributed by atoms with Gasteiger partial charge in [-0.1, -0.05) is 0 Å². The summed E-state index contributed by atoms with van der Waals surface area (Å²) in [6, 6.07) is 5.74. The van der Waals surface area contributed by atoms with Crippen molar-refractivity contribution in [1.29, 1.82) is 0 Å². The van der Waals surface area contributed by atoms with E-state index < -0.39 is 0 Å². The molecule has 2 aromatic heterocycles. The lowest BCUT2D eigenvalue weighted by Gasteiger charge is -2.34. The molecule has 2 N–H and O–H groups in total. The fraction of sp³-hybridized carbons (Fsp3) is 0.500. The lowest BCUT2D eigenvalue weighted by Crippen LogP contribution is -2.49. The second-order valence-corrected chi connectivity index (χ2v) is 6.09. The quantitative estimate of drug-likeness (QED) is 0.882. The molecular formula is C16H23N5O. The van der Waals surface area contributed by atoms with E-state index in [9.17, 15) is 4.79 Å². The van der Waals surface area contributed by atoms with Crippen molar-refractivity contribution in [2.24, 2.45) is 0 Å². The minimum Gasteiger partial charge on any atom is -0.347 e. The van der Waals surface area contributed by atoms with Crippen LogP contribution in [0.3, 0.4) is 0 Å². The Morgan fingerprint density at radius 2 is 2.09 bits per heavy atom. The number of nitrogens with one attached hydrogen (secondary N) is 2. The first kappa shape index (κ1) is 15.0. The first-order valence-electron chi connectivity index (χ1n) is 7.78. The molecule has 0 bridgehead atoms. The molecule has 0 aromatic carbocycles. The van der Waals surface area contributed by atoms with Crippen LogP contribution in [0, 0.1) is 0 Å². The molecule has 1 saturated heterocycles. The highest BCUT2D eigenvalue weighted by Gasteiger charge is 2.18. The highest BCUT2D eigenvalue weighted by Crippen LogP contribution is 2.10. The Morgan fingerprint density at radius 1 is 1.32 bits per heavy atom. The molecule has 1 aliphatic heterocycles.